The van der Waals surface area contributed by atoms with Crippen molar-refractivity contribution >= 4 is 15.9 Å². The van der Waals surface area contributed by atoms with Crippen LogP contribution < -0.4 is 4.90 Å². The van der Waals surface area contributed by atoms with Crippen LogP contribution in [0, 0.1) is 0 Å². The van der Waals surface area contributed by atoms with Gasteiger partial charge in [0.15, 0.2) is 0 Å². The number of rotatable bonds is 2. The molecule has 0 radical (unpaired) electrons. The number of morpholine rings is 1. The van der Waals surface area contributed by atoms with Crippen molar-refractivity contribution in [1.29, 1.82) is 0 Å². The minimum absolute atomic E-state index is 0.380. The van der Waals surface area contributed by atoms with E-state index in [0.29, 0.717) is 12.2 Å². The Morgan fingerprint density at radius 1 is 1.31 bits per heavy atom. The molecule has 0 aromatic heterocycles. The van der Waals surface area contributed by atoms with E-state index in [4.69, 9.17) is 4.74 Å². The van der Waals surface area contributed by atoms with Crippen LogP contribution in [0.1, 0.15) is 19.4 Å². The van der Waals surface area contributed by atoms with Crippen LogP contribution in [0.25, 0.3) is 0 Å². The minimum atomic E-state index is 0.380. The average Bonchev–Trinajstić information content (AvgIpc) is 2.15. The van der Waals surface area contributed by atoms with Gasteiger partial charge in [0.1, 0.15) is 31.8 Å². The Morgan fingerprint density at radius 3 is 2.62 bits per heavy atom. The second-order valence-corrected chi connectivity index (χ2v) is 5.64. The van der Waals surface area contributed by atoms with Crippen LogP contribution in [-0.4, -0.2) is 25.3 Å². The molecule has 1 aromatic rings. The van der Waals surface area contributed by atoms with E-state index >= 15 is 0 Å². The van der Waals surface area contributed by atoms with Crippen molar-refractivity contribution in [2.45, 2.75) is 32.6 Å². The summed E-state index contributed by atoms with van der Waals surface area (Å²) in [6.45, 7) is 7.64. The van der Waals surface area contributed by atoms with Gasteiger partial charge in [-0.3, -0.25) is 0 Å². The van der Waals surface area contributed by atoms with Gasteiger partial charge in [-0.05, 0) is 26.0 Å². The van der Waals surface area contributed by atoms with Gasteiger partial charge < -0.3 is 9.64 Å². The molecule has 2 rings (SSSR count). The van der Waals surface area contributed by atoms with Crippen molar-refractivity contribution in [3.8, 4) is 0 Å². The highest BCUT2D eigenvalue weighted by molar-refractivity contribution is 9.10. The molecule has 2 nitrogen and oxygen atoms in total. The average molecular weight is 285 g/mol. The van der Waals surface area contributed by atoms with Gasteiger partial charge in [-0.25, -0.2) is 0 Å². The van der Waals surface area contributed by atoms with Gasteiger partial charge in [-0.1, -0.05) is 28.1 Å². The van der Waals surface area contributed by atoms with Crippen molar-refractivity contribution in [2.24, 2.45) is 0 Å². The van der Waals surface area contributed by atoms with E-state index in [0.717, 1.165) is 19.6 Å². The molecule has 0 bridgehead atoms. The van der Waals surface area contributed by atoms with Crippen molar-refractivity contribution in [1.82, 2.24) is 0 Å². The highest BCUT2D eigenvalue weighted by Crippen LogP contribution is 2.11. The van der Waals surface area contributed by atoms with Crippen LogP contribution in [-0.2, 0) is 11.3 Å². The summed E-state index contributed by atoms with van der Waals surface area (Å²) in [7, 11) is 0. The number of quaternary nitrogens is 1. The Morgan fingerprint density at radius 2 is 2.00 bits per heavy atom. The van der Waals surface area contributed by atoms with E-state index in [-0.39, 0.29) is 0 Å². The number of hydrogen-bond acceptors (Lipinski definition) is 1. The third-order valence-electron chi connectivity index (χ3n) is 2.96. The summed E-state index contributed by atoms with van der Waals surface area (Å²) in [6.07, 6.45) is 0.761. The van der Waals surface area contributed by atoms with Gasteiger partial charge in [-0.15, -0.1) is 0 Å². The number of halogens is 1. The van der Waals surface area contributed by atoms with Crippen LogP contribution >= 0.6 is 15.9 Å². The normalized spacial score (nSPS) is 30.3. The summed E-state index contributed by atoms with van der Waals surface area (Å²) in [4.78, 5) is 1.62. The molecule has 0 unspecified atom stereocenters. The summed E-state index contributed by atoms with van der Waals surface area (Å²) in [6, 6.07) is 8.58. The second-order valence-electron chi connectivity index (χ2n) is 4.72. The maximum absolute atomic E-state index is 5.75. The minimum Gasteiger partial charge on any atom is -0.364 e. The molecule has 1 aliphatic heterocycles. The van der Waals surface area contributed by atoms with E-state index in [1.54, 1.807) is 4.90 Å². The molecule has 1 saturated heterocycles. The molecular weight excluding hydrogens is 266 g/mol. The quantitative estimate of drug-likeness (QED) is 0.872. The topological polar surface area (TPSA) is 13.7 Å². The lowest BCUT2D eigenvalue weighted by atomic mass is 10.1. The van der Waals surface area contributed by atoms with Gasteiger partial charge in [0.25, 0.3) is 0 Å². The molecule has 0 saturated carbocycles. The van der Waals surface area contributed by atoms with E-state index < -0.39 is 0 Å². The highest BCUT2D eigenvalue weighted by Gasteiger charge is 2.25. The fourth-order valence-electron chi connectivity index (χ4n) is 2.47. The monoisotopic (exact) mass is 284 g/mol. The molecule has 0 amide bonds. The molecule has 3 heteroatoms. The standard InChI is InChI=1S/C13H18BrNO/c1-10-7-15(8-11(2)16-10)9-12-4-3-5-13(14)6-12/h3-6,10-11H,7-9H2,1-2H3/p+1/t10-,11-/m0/s1. The molecule has 1 heterocycles. The predicted molar refractivity (Wildman–Crippen MR) is 68.6 cm³/mol. The Hall–Kier alpha value is -0.380. The van der Waals surface area contributed by atoms with Gasteiger partial charge in [0.05, 0.1) is 0 Å². The lowest BCUT2D eigenvalue weighted by Gasteiger charge is -2.32. The third kappa shape index (κ3) is 3.30. The summed E-state index contributed by atoms with van der Waals surface area (Å²) in [5.41, 5.74) is 1.39. The Labute approximate surface area is 106 Å². The molecule has 0 aliphatic carbocycles. The van der Waals surface area contributed by atoms with Crippen molar-refractivity contribution in [2.75, 3.05) is 13.1 Å². The molecule has 0 spiro atoms. The first kappa shape index (κ1) is 12.1. The molecule has 2 atom stereocenters. The van der Waals surface area contributed by atoms with Crippen LogP contribution in [0.3, 0.4) is 0 Å². The number of nitrogens with one attached hydrogen (secondary N) is 1. The molecule has 1 aromatic carbocycles. The first-order chi connectivity index (χ1) is 7.63. The van der Waals surface area contributed by atoms with Crippen LogP contribution in [0.4, 0.5) is 0 Å². The summed E-state index contributed by atoms with van der Waals surface area (Å²) in [5.74, 6) is 0. The van der Waals surface area contributed by atoms with E-state index in [1.807, 2.05) is 0 Å². The van der Waals surface area contributed by atoms with Gasteiger partial charge >= 0.3 is 0 Å². The Balaban J connectivity index is 1.98. The first-order valence-corrected chi connectivity index (χ1v) is 6.66. The number of hydrogen-bond donors (Lipinski definition) is 1. The lowest BCUT2D eigenvalue weighted by Crippen LogP contribution is -3.14. The number of benzene rings is 1. The third-order valence-corrected chi connectivity index (χ3v) is 3.45. The van der Waals surface area contributed by atoms with Gasteiger partial charge in [0.2, 0.25) is 0 Å². The molecule has 1 aliphatic rings. The fraction of sp³-hybridized carbons (Fsp3) is 0.538. The van der Waals surface area contributed by atoms with E-state index in [2.05, 4.69) is 54.0 Å². The summed E-state index contributed by atoms with van der Waals surface area (Å²) < 4.78 is 6.91. The van der Waals surface area contributed by atoms with Crippen LogP contribution in [0.15, 0.2) is 28.7 Å². The van der Waals surface area contributed by atoms with Crippen LogP contribution in [0.5, 0.6) is 0 Å². The maximum atomic E-state index is 5.75. The SMILES string of the molecule is C[C@H]1C[NH+](Cc2cccc(Br)c2)C[C@H](C)O1. The molecule has 1 fully saturated rings. The van der Waals surface area contributed by atoms with Gasteiger partial charge in [0, 0.05) is 10.0 Å². The summed E-state index contributed by atoms with van der Waals surface area (Å²) in [5, 5.41) is 0. The van der Waals surface area contributed by atoms with Crippen molar-refractivity contribution < 1.29 is 9.64 Å². The molecule has 1 N–H and O–H groups in total. The zero-order valence-electron chi connectivity index (χ0n) is 9.87. The molecular formula is C13H19BrNO+. The largest absolute Gasteiger partial charge is 0.364 e. The zero-order chi connectivity index (χ0) is 11.5. The van der Waals surface area contributed by atoms with Gasteiger partial charge in [-0.2, -0.15) is 0 Å². The smallest absolute Gasteiger partial charge is 0.104 e. The maximum Gasteiger partial charge on any atom is 0.104 e. The Kier molecular flexibility index (Phi) is 4.00. The molecule has 88 valence electrons. The fourth-order valence-corrected chi connectivity index (χ4v) is 2.92. The highest BCUT2D eigenvalue weighted by atomic mass is 79.9. The van der Waals surface area contributed by atoms with Crippen molar-refractivity contribution in [3.05, 3.63) is 34.3 Å². The number of ether oxygens (including phenoxy) is 1. The molecule has 16 heavy (non-hydrogen) atoms. The van der Waals surface area contributed by atoms with E-state index in [1.165, 1.54) is 10.0 Å². The first-order valence-electron chi connectivity index (χ1n) is 5.87. The van der Waals surface area contributed by atoms with E-state index in [9.17, 15) is 0 Å². The predicted octanol–water partition coefficient (Wildman–Crippen LogP) is 1.64. The summed E-state index contributed by atoms with van der Waals surface area (Å²) >= 11 is 3.52. The van der Waals surface area contributed by atoms with Crippen molar-refractivity contribution in [3.63, 3.8) is 0 Å². The second kappa shape index (κ2) is 5.30. The Bertz CT molecular complexity index is 346. The zero-order valence-corrected chi connectivity index (χ0v) is 11.5. The van der Waals surface area contributed by atoms with Crippen LogP contribution in [0.2, 0.25) is 0 Å². The lowest BCUT2D eigenvalue weighted by molar-refractivity contribution is -0.928.